The van der Waals surface area contributed by atoms with Crippen LogP contribution in [-0.4, -0.2) is 55.0 Å². The van der Waals surface area contributed by atoms with E-state index < -0.39 is 6.10 Å². The molecule has 2 amide bonds. The number of hydrogen-bond donors (Lipinski definition) is 3. The molecule has 2 aliphatic rings. The lowest BCUT2D eigenvalue weighted by Crippen LogP contribution is -2.53. The maximum atomic E-state index is 12.5. The molecule has 2 fully saturated rings. The van der Waals surface area contributed by atoms with E-state index in [-0.39, 0.29) is 42.9 Å². The van der Waals surface area contributed by atoms with Gasteiger partial charge in [-0.05, 0) is 37.3 Å². The number of rotatable bonds is 7. The summed E-state index contributed by atoms with van der Waals surface area (Å²) in [7, 11) is 0. The van der Waals surface area contributed by atoms with Crippen molar-refractivity contribution in [2.75, 3.05) is 19.8 Å². The zero-order valence-electron chi connectivity index (χ0n) is 16.4. The summed E-state index contributed by atoms with van der Waals surface area (Å²) in [4.78, 5) is 24.7. The highest BCUT2D eigenvalue weighted by Crippen LogP contribution is 2.23. The number of benzene rings is 1. The van der Waals surface area contributed by atoms with Crippen molar-refractivity contribution in [1.29, 1.82) is 0 Å². The van der Waals surface area contributed by atoms with Crippen LogP contribution in [-0.2, 0) is 25.6 Å². The predicted molar refractivity (Wildman–Crippen MR) is 108 cm³/mol. The number of halogens is 1. The van der Waals surface area contributed by atoms with Gasteiger partial charge in [-0.15, -0.1) is 0 Å². The van der Waals surface area contributed by atoms with E-state index in [0.717, 1.165) is 18.4 Å². The molecule has 0 aliphatic carbocycles. The van der Waals surface area contributed by atoms with Gasteiger partial charge in [0, 0.05) is 30.7 Å². The predicted octanol–water partition coefficient (Wildman–Crippen LogP) is 1.80. The highest BCUT2D eigenvalue weighted by Gasteiger charge is 2.34. The molecule has 1 aromatic rings. The Morgan fingerprint density at radius 1 is 1.14 bits per heavy atom. The van der Waals surface area contributed by atoms with Gasteiger partial charge in [0.15, 0.2) is 0 Å². The highest BCUT2D eigenvalue weighted by atomic mass is 35.5. The number of carbonyl (C=O) groups excluding carboxylic acids is 2. The SMILES string of the molecule is O=C(C[C@H]1CC[C@H](NC(=O)C2CCOCC2)[C@H](CO)O1)NCc1ccccc1Cl. The topological polar surface area (TPSA) is 96.9 Å². The van der Waals surface area contributed by atoms with Crippen molar-refractivity contribution in [2.45, 2.75) is 56.9 Å². The van der Waals surface area contributed by atoms with E-state index in [4.69, 9.17) is 21.1 Å². The van der Waals surface area contributed by atoms with Crippen LogP contribution in [0.25, 0.3) is 0 Å². The molecule has 0 spiro atoms. The van der Waals surface area contributed by atoms with E-state index in [9.17, 15) is 14.7 Å². The standard InChI is InChI=1S/C21H29ClN2O5/c22-17-4-2-1-3-15(17)12-23-20(26)11-16-5-6-18(19(13-25)29-16)24-21(27)14-7-9-28-10-8-14/h1-4,14,16,18-19,25H,5-13H2,(H,23,26)(H,24,27)/t16-,18+,19+/m1/s1. The van der Waals surface area contributed by atoms with Crippen LogP contribution in [0.5, 0.6) is 0 Å². The Morgan fingerprint density at radius 3 is 2.62 bits per heavy atom. The molecule has 3 atom stereocenters. The fourth-order valence-electron chi connectivity index (χ4n) is 3.82. The fraction of sp³-hybridized carbons (Fsp3) is 0.619. The van der Waals surface area contributed by atoms with Crippen molar-refractivity contribution in [3.8, 4) is 0 Å². The van der Waals surface area contributed by atoms with Gasteiger partial charge < -0.3 is 25.2 Å². The Hall–Kier alpha value is -1.67. The molecular formula is C21H29ClN2O5. The summed E-state index contributed by atoms with van der Waals surface area (Å²) < 4.78 is 11.2. The average Bonchev–Trinajstić information content (AvgIpc) is 2.74. The summed E-state index contributed by atoms with van der Waals surface area (Å²) in [5.74, 6) is -0.177. The molecule has 160 valence electrons. The van der Waals surface area contributed by atoms with Crippen LogP contribution in [0.2, 0.25) is 5.02 Å². The molecule has 2 saturated heterocycles. The van der Waals surface area contributed by atoms with Gasteiger partial charge >= 0.3 is 0 Å². The van der Waals surface area contributed by atoms with Gasteiger partial charge in [-0.1, -0.05) is 29.8 Å². The Morgan fingerprint density at radius 2 is 1.90 bits per heavy atom. The molecular weight excluding hydrogens is 396 g/mol. The molecule has 1 aromatic carbocycles. The second kappa shape index (κ2) is 10.9. The maximum Gasteiger partial charge on any atom is 0.223 e. The van der Waals surface area contributed by atoms with E-state index in [0.29, 0.717) is 37.6 Å². The summed E-state index contributed by atoms with van der Waals surface area (Å²) in [6.45, 7) is 1.37. The zero-order chi connectivity index (χ0) is 20.6. The first-order chi connectivity index (χ1) is 14.1. The molecule has 0 aromatic heterocycles. The Kier molecular flexibility index (Phi) is 8.29. The summed E-state index contributed by atoms with van der Waals surface area (Å²) in [6, 6.07) is 7.13. The van der Waals surface area contributed by atoms with Crippen LogP contribution >= 0.6 is 11.6 Å². The summed E-state index contributed by atoms with van der Waals surface area (Å²) in [5.41, 5.74) is 0.858. The first-order valence-electron chi connectivity index (χ1n) is 10.2. The lowest BCUT2D eigenvalue weighted by Gasteiger charge is -2.37. The molecule has 0 saturated carbocycles. The van der Waals surface area contributed by atoms with Gasteiger partial charge in [-0.25, -0.2) is 0 Å². The van der Waals surface area contributed by atoms with Crippen molar-refractivity contribution in [2.24, 2.45) is 5.92 Å². The molecule has 7 nitrogen and oxygen atoms in total. The number of ether oxygens (including phenoxy) is 2. The minimum absolute atomic E-state index is 0.00344. The lowest BCUT2D eigenvalue weighted by atomic mass is 9.94. The second-order valence-electron chi connectivity index (χ2n) is 7.63. The van der Waals surface area contributed by atoms with E-state index in [1.807, 2.05) is 18.2 Å². The lowest BCUT2D eigenvalue weighted by molar-refractivity contribution is -0.139. The van der Waals surface area contributed by atoms with Crippen LogP contribution in [0, 0.1) is 5.92 Å². The minimum Gasteiger partial charge on any atom is -0.394 e. The third-order valence-corrected chi connectivity index (χ3v) is 5.93. The first kappa shape index (κ1) is 22.0. The first-order valence-corrected chi connectivity index (χ1v) is 10.6. The van der Waals surface area contributed by atoms with Gasteiger partial charge in [0.05, 0.1) is 25.2 Å². The molecule has 3 N–H and O–H groups in total. The smallest absolute Gasteiger partial charge is 0.223 e. The molecule has 0 radical (unpaired) electrons. The van der Waals surface area contributed by atoms with E-state index in [2.05, 4.69) is 10.6 Å². The Bertz CT molecular complexity index is 695. The summed E-state index contributed by atoms with van der Waals surface area (Å²) >= 11 is 6.11. The monoisotopic (exact) mass is 424 g/mol. The van der Waals surface area contributed by atoms with E-state index >= 15 is 0 Å². The maximum absolute atomic E-state index is 12.5. The second-order valence-corrected chi connectivity index (χ2v) is 8.04. The van der Waals surface area contributed by atoms with Crippen LogP contribution in [0.3, 0.4) is 0 Å². The summed E-state index contributed by atoms with van der Waals surface area (Å²) in [6.07, 6.45) is 2.18. The molecule has 8 heteroatoms. The largest absolute Gasteiger partial charge is 0.394 e. The fourth-order valence-corrected chi connectivity index (χ4v) is 4.02. The molecule has 2 heterocycles. The van der Waals surface area contributed by atoms with Gasteiger partial charge in [-0.3, -0.25) is 9.59 Å². The van der Waals surface area contributed by atoms with Crippen molar-refractivity contribution in [1.82, 2.24) is 10.6 Å². The number of carbonyl (C=O) groups is 2. The zero-order valence-corrected chi connectivity index (χ0v) is 17.2. The molecule has 29 heavy (non-hydrogen) atoms. The normalized spacial score (nSPS) is 25.4. The van der Waals surface area contributed by atoms with Gasteiger partial charge in [0.2, 0.25) is 11.8 Å². The number of hydrogen-bond acceptors (Lipinski definition) is 5. The van der Waals surface area contributed by atoms with E-state index in [1.165, 1.54) is 0 Å². The Labute approximate surface area is 176 Å². The van der Waals surface area contributed by atoms with Crippen LogP contribution in [0.15, 0.2) is 24.3 Å². The summed E-state index contributed by atoms with van der Waals surface area (Å²) in [5, 5.41) is 16.2. The third kappa shape index (κ3) is 6.40. The van der Waals surface area contributed by atoms with Crippen LogP contribution in [0.1, 0.15) is 37.7 Å². The average molecular weight is 425 g/mol. The minimum atomic E-state index is -0.506. The molecule has 0 bridgehead atoms. The van der Waals surface area contributed by atoms with Gasteiger partial charge in [0.25, 0.3) is 0 Å². The van der Waals surface area contributed by atoms with Crippen molar-refractivity contribution in [3.05, 3.63) is 34.9 Å². The van der Waals surface area contributed by atoms with Crippen molar-refractivity contribution < 1.29 is 24.2 Å². The highest BCUT2D eigenvalue weighted by molar-refractivity contribution is 6.31. The third-order valence-electron chi connectivity index (χ3n) is 5.56. The molecule has 3 rings (SSSR count). The van der Waals surface area contributed by atoms with Gasteiger partial charge in [-0.2, -0.15) is 0 Å². The number of aliphatic hydroxyl groups excluding tert-OH is 1. The number of nitrogens with one attached hydrogen (secondary N) is 2. The quantitative estimate of drug-likeness (QED) is 0.620. The van der Waals surface area contributed by atoms with E-state index in [1.54, 1.807) is 6.07 Å². The molecule has 2 aliphatic heterocycles. The van der Waals surface area contributed by atoms with Gasteiger partial charge in [0.1, 0.15) is 6.10 Å². The number of aliphatic hydroxyl groups is 1. The van der Waals surface area contributed by atoms with Crippen molar-refractivity contribution in [3.63, 3.8) is 0 Å². The van der Waals surface area contributed by atoms with Crippen molar-refractivity contribution >= 4 is 23.4 Å². The Balaban J connectivity index is 1.44. The van der Waals surface area contributed by atoms with Crippen LogP contribution < -0.4 is 10.6 Å². The molecule has 0 unspecified atom stereocenters. The number of amides is 2. The van der Waals surface area contributed by atoms with Crippen LogP contribution in [0.4, 0.5) is 0 Å².